The average molecular weight is 307 g/mol. The fraction of sp³-hybridized carbons (Fsp3) is 0.688. The van der Waals surface area contributed by atoms with Gasteiger partial charge in [-0.3, -0.25) is 14.8 Å². The Balaban J connectivity index is 1.83. The van der Waals surface area contributed by atoms with Gasteiger partial charge in [-0.2, -0.15) is 0 Å². The molecule has 6 heteroatoms. The quantitative estimate of drug-likeness (QED) is 0.586. The lowest BCUT2D eigenvalue weighted by Crippen LogP contribution is -2.43. The Kier molecular flexibility index (Phi) is 6.27. The monoisotopic (exact) mass is 307 g/mol. The van der Waals surface area contributed by atoms with Crippen LogP contribution in [0.3, 0.4) is 0 Å². The van der Waals surface area contributed by atoms with E-state index in [2.05, 4.69) is 27.0 Å². The van der Waals surface area contributed by atoms with E-state index in [0.29, 0.717) is 18.5 Å². The number of nitrogens with one attached hydrogen (secondary N) is 1. The Bertz CT molecular complexity index is 457. The lowest BCUT2D eigenvalue weighted by molar-refractivity contribution is 0.263. The number of furan rings is 1. The summed E-state index contributed by atoms with van der Waals surface area (Å²) in [4.78, 5) is 9.06. The van der Waals surface area contributed by atoms with E-state index in [1.54, 1.807) is 6.26 Å². The van der Waals surface area contributed by atoms with E-state index >= 15 is 0 Å². The van der Waals surface area contributed by atoms with Crippen LogP contribution in [-0.2, 0) is 0 Å². The van der Waals surface area contributed by atoms with Crippen LogP contribution in [0.1, 0.15) is 31.6 Å². The van der Waals surface area contributed by atoms with Crippen LogP contribution < -0.4 is 11.1 Å². The highest BCUT2D eigenvalue weighted by molar-refractivity contribution is 5.77. The van der Waals surface area contributed by atoms with Crippen molar-refractivity contribution < 1.29 is 4.42 Å². The maximum Gasteiger partial charge on any atom is 0.188 e. The van der Waals surface area contributed by atoms with Crippen molar-refractivity contribution >= 4 is 5.96 Å². The minimum absolute atomic E-state index is 0.106. The molecule has 1 saturated heterocycles. The first kappa shape index (κ1) is 16.8. The van der Waals surface area contributed by atoms with Crippen LogP contribution in [0.2, 0.25) is 0 Å². The Morgan fingerprint density at radius 3 is 3.05 bits per heavy atom. The lowest BCUT2D eigenvalue weighted by atomic mass is 10.2. The summed E-state index contributed by atoms with van der Waals surface area (Å²) in [6.45, 7) is 5.96. The summed E-state index contributed by atoms with van der Waals surface area (Å²) in [5.41, 5.74) is 6.01. The molecule has 3 N–H and O–H groups in total. The molecule has 1 fully saturated rings. The zero-order valence-corrected chi connectivity index (χ0v) is 14.0. The summed E-state index contributed by atoms with van der Waals surface area (Å²) in [5, 5.41) is 3.27. The molecule has 2 rings (SSSR count). The SMILES string of the molecule is CCN1CCCC1CNC(N)=NCC(c1ccco1)N(C)C. The normalized spacial score (nSPS) is 21.5. The van der Waals surface area contributed by atoms with Gasteiger partial charge in [0.1, 0.15) is 5.76 Å². The Hall–Kier alpha value is -1.53. The van der Waals surface area contributed by atoms with E-state index in [0.717, 1.165) is 18.8 Å². The lowest BCUT2D eigenvalue weighted by Gasteiger charge is -2.23. The molecule has 0 radical (unpaired) electrons. The highest BCUT2D eigenvalue weighted by Crippen LogP contribution is 2.19. The molecule has 1 aromatic heterocycles. The van der Waals surface area contributed by atoms with Gasteiger partial charge in [0.25, 0.3) is 0 Å². The third-order valence-electron chi connectivity index (χ3n) is 4.35. The van der Waals surface area contributed by atoms with Crippen molar-refractivity contribution in [1.82, 2.24) is 15.1 Å². The average Bonchev–Trinajstić information content (AvgIpc) is 3.16. The Labute approximate surface area is 133 Å². The Morgan fingerprint density at radius 1 is 1.59 bits per heavy atom. The fourth-order valence-corrected chi connectivity index (χ4v) is 2.99. The van der Waals surface area contributed by atoms with E-state index in [-0.39, 0.29) is 6.04 Å². The van der Waals surface area contributed by atoms with E-state index in [1.165, 1.54) is 19.4 Å². The molecule has 6 nitrogen and oxygen atoms in total. The molecular weight excluding hydrogens is 278 g/mol. The van der Waals surface area contributed by atoms with Crippen molar-refractivity contribution in [1.29, 1.82) is 0 Å². The van der Waals surface area contributed by atoms with Gasteiger partial charge in [-0.05, 0) is 52.2 Å². The van der Waals surface area contributed by atoms with Crippen molar-refractivity contribution in [2.24, 2.45) is 10.7 Å². The van der Waals surface area contributed by atoms with Gasteiger partial charge >= 0.3 is 0 Å². The number of likely N-dealkylation sites (N-methyl/N-ethyl adjacent to an activating group) is 2. The van der Waals surface area contributed by atoms with Gasteiger partial charge < -0.3 is 15.5 Å². The molecule has 2 atom stereocenters. The van der Waals surface area contributed by atoms with Crippen molar-refractivity contribution in [2.75, 3.05) is 40.3 Å². The molecule has 2 unspecified atom stereocenters. The van der Waals surface area contributed by atoms with Gasteiger partial charge in [0.15, 0.2) is 5.96 Å². The summed E-state index contributed by atoms with van der Waals surface area (Å²) in [6.07, 6.45) is 4.20. The minimum atomic E-state index is 0.106. The van der Waals surface area contributed by atoms with Crippen LogP contribution in [0.25, 0.3) is 0 Å². The summed E-state index contributed by atoms with van der Waals surface area (Å²) in [7, 11) is 4.04. The molecule has 2 heterocycles. The van der Waals surface area contributed by atoms with E-state index < -0.39 is 0 Å². The second kappa shape index (κ2) is 8.19. The van der Waals surface area contributed by atoms with E-state index in [1.807, 2.05) is 26.2 Å². The van der Waals surface area contributed by atoms with Crippen LogP contribution in [0.4, 0.5) is 0 Å². The van der Waals surface area contributed by atoms with Gasteiger partial charge in [-0.1, -0.05) is 6.92 Å². The van der Waals surface area contributed by atoms with E-state index in [4.69, 9.17) is 10.2 Å². The molecule has 0 saturated carbocycles. The summed E-state index contributed by atoms with van der Waals surface area (Å²) in [6, 6.07) is 4.56. The van der Waals surface area contributed by atoms with Gasteiger partial charge in [0.05, 0.1) is 18.8 Å². The van der Waals surface area contributed by atoms with Crippen molar-refractivity contribution in [3.05, 3.63) is 24.2 Å². The van der Waals surface area contributed by atoms with Crippen LogP contribution >= 0.6 is 0 Å². The van der Waals surface area contributed by atoms with Gasteiger partial charge in [-0.25, -0.2) is 0 Å². The third kappa shape index (κ3) is 4.48. The molecule has 22 heavy (non-hydrogen) atoms. The highest BCUT2D eigenvalue weighted by Gasteiger charge is 2.22. The Morgan fingerprint density at radius 2 is 2.41 bits per heavy atom. The maximum absolute atomic E-state index is 6.01. The van der Waals surface area contributed by atoms with Crippen molar-refractivity contribution in [3.63, 3.8) is 0 Å². The minimum Gasteiger partial charge on any atom is -0.468 e. The summed E-state index contributed by atoms with van der Waals surface area (Å²) < 4.78 is 5.48. The number of hydrogen-bond acceptors (Lipinski definition) is 4. The molecule has 124 valence electrons. The maximum atomic E-state index is 6.01. The molecule has 1 aliphatic heterocycles. The van der Waals surface area contributed by atoms with Gasteiger partial charge in [0, 0.05) is 12.6 Å². The molecule has 0 bridgehead atoms. The smallest absolute Gasteiger partial charge is 0.188 e. The van der Waals surface area contributed by atoms with Crippen LogP contribution in [0.15, 0.2) is 27.8 Å². The number of guanidine groups is 1. The molecule has 0 aliphatic carbocycles. The number of nitrogens with zero attached hydrogens (tertiary/aromatic N) is 3. The molecule has 0 aromatic carbocycles. The first-order valence-electron chi connectivity index (χ1n) is 8.09. The van der Waals surface area contributed by atoms with Crippen LogP contribution in [0, 0.1) is 0 Å². The fourth-order valence-electron chi connectivity index (χ4n) is 2.99. The highest BCUT2D eigenvalue weighted by atomic mass is 16.3. The number of likely N-dealkylation sites (tertiary alicyclic amines) is 1. The van der Waals surface area contributed by atoms with Gasteiger partial charge in [0.2, 0.25) is 0 Å². The standard InChI is InChI=1S/C16H29N5O/c1-4-21-9-5-7-13(21)11-18-16(17)19-12-14(20(2)3)15-8-6-10-22-15/h6,8,10,13-14H,4-5,7,9,11-12H2,1-3H3,(H3,17,18,19). The van der Waals surface area contributed by atoms with Crippen molar-refractivity contribution in [2.45, 2.75) is 31.8 Å². The zero-order valence-electron chi connectivity index (χ0n) is 14.0. The molecule has 1 aromatic rings. The number of nitrogens with two attached hydrogens (primary N) is 1. The van der Waals surface area contributed by atoms with Crippen LogP contribution in [-0.4, -0.2) is 62.1 Å². The van der Waals surface area contributed by atoms with Gasteiger partial charge in [-0.15, -0.1) is 0 Å². The van der Waals surface area contributed by atoms with Crippen molar-refractivity contribution in [3.8, 4) is 0 Å². The number of rotatable bonds is 7. The second-order valence-electron chi connectivity index (χ2n) is 6.03. The molecular formula is C16H29N5O. The summed E-state index contributed by atoms with van der Waals surface area (Å²) in [5.74, 6) is 1.43. The predicted molar refractivity (Wildman–Crippen MR) is 89.9 cm³/mol. The zero-order chi connectivity index (χ0) is 15.9. The second-order valence-corrected chi connectivity index (χ2v) is 6.03. The molecule has 0 spiro atoms. The molecule has 1 aliphatic rings. The first-order valence-corrected chi connectivity index (χ1v) is 8.09. The predicted octanol–water partition coefficient (Wildman–Crippen LogP) is 1.27. The van der Waals surface area contributed by atoms with Crippen LogP contribution in [0.5, 0.6) is 0 Å². The molecule has 0 amide bonds. The number of hydrogen-bond donors (Lipinski definition) is 2. The largest absolute Gasteiger partial charge is 0.468 e. The topological polar surface area (TPSA) is 70.0 Å². The first-order chi connectivity index (χ1) is 10.6. The number of aliphatic imine (C=N–C) groups is 1. The summed E-state index contributed by atoms with van der Waals surface area (Å²) >= 11 is 0. The van der Waals surface area contributed by atoms with E-state index in [9.17, 15) is 0 Å². The third-order valence-corrected chi connectivity index (χ3v) is 4.35.